The molecule has 1 aromatic rings. The Labute approximate surface area is 105 Å². The summed E-state index contributed by atoms with van der Waals surface area (Å²) in [6.07, 6.45) is -0.737. The quantitative estimate of drug-likeness (QED) is 0.834. The molecule has 100 valence electrons. The van der Waals surface area contributed by atoms with Gasteiger partial charge in [-0.2, -0.15) is 0 Å². The summed E-state index contributed by atoms with van der Waals surface area (Å²) in [5.74, 6) is -0.364. The van der Waals surface area contributed by atoms with E-state index >= 15 is 0 Å². The van der Waals surface area contributed by atoms with Crippen molar-refractivity contribution in [1.29, 1.82) is 0 Å². The molecule has 0 saturated carbocycles. The SMILES string of the molecule is COCC(O)CN(C)C(=O)Nc1ccc(F)cc1. The zero-order valence-electron chi connectivity index (χ0n) is 10.4. The molecule has 0 aromatic heterocycles. The van der Waals surface area contributed by atoms with Gasteiger partial charge in [0.25, 0.3) is 0 Å². The van der Waals surface area contributed by atoms with E-state index in [0.29, 0.717) is 5.69 Å². The Morgan fingerprint density at radius 2 is 2.11 bits per heavy atom. The molecule has 0 heterocycles. The summed E-state index contributed by atoms with van der Waals surface area (Å²) in [6, 6.07) is 5.07. The van der Waals surface area contributed by atoms with Crippen LogP contribution in [0.3, 0.4) is 0 Å². The lowest BCUT2D eigenvalue weighted by molar-refractivity contribution is 0.0501. The first kappa shape index (κ1) is 14.4. The lowest BCUT2D eigenvalue weighted by atomic mass is 10.3. The van der Waals surface area contributed by atoms with Crippen molar-refractivity contribution in [2.24, 2.45) is 0 Å². The van der Waals surface area contributed by atoms with E-state index in [1.165, 1.54) is 36.3 Å². The minimum atomic E-state index is -0.737. The van der Waals surface area contributed by atoms with Crippen molar-refractivity contribution in [3.8, 4) is 0 Å². The first-order chi connectivity index (χ1) is 8.52. The van der Waals surface area contributed by atoms with Crippen molar-refractivity contribution in [1.82, 2.24) is 4.90 Å². The van der Waals surface area contributed by atoms with Crippen LogP contribution in [-0.2, 0) is 4.74 Å². The van der Waals surface area contributed by atoms with E-state index in [0.717, 1.165) is 0 Å². The number of likely N-dealkylation sites (N-methyl/N-ethyl adjacent to an activating group) is 1. The highest BCUT2D eigenvalue weighted by Gasteiger charge is 2.13. The van der Waals surface area contributed by atoms with Gasteiger partial charge in [-0.25, -0.2) is 9.18 Å². The normalized spacial score (nSPS) is 12.0. The monoisotopic (exact) mass is 256 g/mol. The van der Waals surface area contributed by atoms with Crippen LogP contribution < -0.4 is 5.32 Å². The fraction of sp³-hybridized carbons (Fsp3) is 0.417. The van der Waals surface area contributed by atoms with E-state index in [9.17, 15) is 14.3 Å². The van der Waals surface area contributed by atoms with Crippen LogP contribution in [0, 0.1) is 5.82 Å². The molecule has 0 saturated heterocycles. The maximum atomic E-state index is 12.7. The maximum absolute atomic E-state index is 12.7. The number of urea groups is 1. The van der Waals surface area contributed by atoms with Crippen molar-refractivity contribution in [3.05, 3.63) is 30.1 Å². The Kier molecular flexibility index (Phi) is 5.54. The predicted molar refractivity (Wildman–Crippen MR) is 65.9 cm³/mol. The third kappa shape index (κ3) is 4.68. The summed E-state index contributed by atoms with van der Waals surface area (Å²) in [4.78, 5) is 13.0. The van der Waals surface area contributed by atoms with Gasteiger partial charge in [-0.05, 0) is 24.3 Å². The number of hydrogen-bond donors (Lipinski definition) is 2. The van der Waals surface area contributed by atoms with E-state index in [1.54, 1.807) is 7.05 Å². The van der Waals surface area contributed by atoms with Crippen molar-refractivity contribution >= 4 is 11.7 Å². The molecule has 2 N–H and O–H groups in total. The number of carbonyl (C=O) groups is 1. The summed E-state index contributed by atoms with van der Waals surface area (Å²) in [5, 5.41) is 12.1. The number of methoxy groups -OCH3 is 1. The van der Waals surface area contributed by atoms with E-state index in [1.807, 2.05) is 0 Å². The molecule has 0 fully saturated rings. The van der Waals surface area contributed by atoms with Crippen LogP contribution in [0.2, 0.25) is 0 Å². The second kappa shape index (κ2) is 6.93. The number of rotatable bonds is 5. The molecule has 6 heteroatoms. The number of ether oxygens (including phenoxy) is 1. The summed E-state index contributed by atoms with van der Waals surface area (Å²) in [6.45, 7) is 0.315. The van der Waals surface area contributed by atoms with Gasteiger partial charge in [0.15, 0.2) is 0 Å². The molecule has 18 heavy (non-hydrogen) atoms. The maximum Gasteiger partial charge on any atom is 0.321 e. The third-order valence-corrected chi connectivity index (χ3v) is 2.29. The Hall–Kier alpha value is -1.66. The number of hydrogen-bond acceptors (Lipinski definition) is 3. The molecule has 5 nitrogen and oxygen atoms in total. The number of nitrogens with zero attached hydrogens (tertiary/aromatic N) is 1. The molecule has 2 amide bonds. The minimum Gasteiger partial charge on any atom is -0.389 e. The number of halogens is 1. The first-order valence-corrected chi connectivity index (χ1v) is 5.47. The number of aliphatic hydroxyl groups is 1. The second-order valence-corrected chi connectivity index (χ2v) is 3.93. The van der Waals surface area contributed by atoms with Gasteiger partial charge in [-0.15, -0.1) is 0 Å². The van der Waals surface area contributed by atoms with Crippen LogP contribution >= 0.6 is 0 Å². The minimum absolute atomic E-state index is 0.154. The summed E-state index contributed by atoms with van der Waals surface area (Å²) in [5.41, 5.74) is 0.495. The number of anilines is 1. The zero-order chi connectivity index (χ0) is 13.5. The molecule has 1 aromatic carbocycles. The first-order valence-electron chi connectivity index (χ1n) is 5.47. The number of benzene rings is 1. The van der Waals surface area contributed by atoms with Crippen LogP contribution in [0.15, 0.2) is 24.3 Å². The number of amides is 2. The molecule has 0 radical (unpaired) electrons. The average molecular weight is 256 g/mol. The molecule has 1 rings (SSSR count). The van der Waals surface area contributed by atoms with Crippen LogP contribution in [0.4, 0.5) is 14.9 Å². The van der Waals surface area contributed by atoms with Gasteiger partial charge in [0.1, 0.15) is 5.82 Å². The molecule has 0 aliphatic carbocycles. The van der Waals surface area contributed by atoms with Gasteiger partial charge in [0, 0.05) is 19.8 Å². The lowest BCUT2D eigenvalue weighted by Crippen LogP contribution is -2.38. The fourth-order valence-corrected chi connectivity index (χ4v) is 1.40. The Morgan fingerprint density at radius 3 is 2.67 bits per heavy atom. The van der Waals surface area contributed by atoms with E-state index in [4.69, 9.17) is 4.74 Å². The predicted octanol–water partition coefficient (Wildman–Crippen LogP) is 1.30. The Bertz CT molecular complexity index is 383. The van der Waals surface area contributed by atoms with E-state index in [-0.39, 0.29) is 25.0 Å². The van der Waals surface area contributed by atoms with Crippen molar-refractivity contribution in [3.63, 3.8) is 0 Å². The summed E-state index contributed by atoms with van der Waals surface area (Å²) in [7, 11) is 3.03. The molecule has 0 spiro atoms. The number of aliphatic hydroxyl groups excluding tert-OH is 1. The number of nitrogens with one attached hydrogen (secondary N) is 1. The zero-order valence-corrected chi connectivity index (χ0v) is 10.4. The van der Waals surface area contributed by atoms with Crippen LogP contribution in [0.25, 0.3) is 0 Å². The van der Waals surface area contributed by atoms with Crippen LogP contribution in [0.1, 0.15) is 0 Å². The Morgan fingerprint density at radius 1 is 1.50 bits per heavy atom. The second-order valence-electron chi connectivity index (χ2n) is 3.93. The summed E-state index contributed by atoms with van der Waals surface area (Å²) >= 11 is 0. The van der Waals surface area contributed by atoms with Crippen LogP contribution in [0.5, 0.6) is 0 Å². The molecule has 0 aliphatic heterocycles. The van der Waals surface area contributed by atoms with Crippen LogP contribution in [-0.4, -0.2) is 49.5 Å². The molecular weight excluding hydrogens is 239 g/mol. The molecule has 0 aliphatic rings. The average Bonchev–Trinajstić information content (AvgIpc) is 2.32. The molecular formula is C12H17FN2O3. The van der Waals surface area contributed by atoms with Crippen molar-refractivity contribution in [2.45, 2.75) is 6.10 Å². The van der Waals surface area contributed by atoms with E-state index in [2.05, 4.69) is 5.32 Å². The van der Waals surface area contributed by atoms with Crippen molar-refractivity contribution in [2.75, 3.05) is 32.6 Å². The van der Waals surface area contributed by atoms with E-state index < -0.39 is 6.10 Å². The number of carbonyl (C=O) groups excluding carboxylic acids is 1. The third-order valence-electron chi connectivity index (χ3n) is 2.29. The Balaban J connectivity index is 2.46. The highest BCUT2D eigenvalue weighted by molar-refractivity contribution is 5.89. The van der Waals surface area contributed by atoms with Gasteiger partial charge in [0.05, 0.1) is 19.3 Å². The van der Waals surface area contributed by atoms with Gasteiger partial charge < -0.3 is 20.1 Å². The largest absolute Gasteiger partial charge is 0.389 e. The fourth-order valence-electron chi connectivity index (χ4n) is 1.40. The van der Waals surface area contributed by atoms with Gasteiger partial charge >= 0.3 is 6.03 Å². The van der Waals surface area contributed by atoms with Gasteiger partial charge in [0.2, 0.25) is 0 Å². The smallest absolute Gasteiger partial charge is 0.321 e. The summed E-state index contributed by atoms with van der Waals surface area (Å²) < 4.78 is 17.4. The highest BCUT2D eigenvalue weighted by atomic mass is 19.1. The topological polar surface area (TPSA) is 61.8 Å². The highest BCUT2D eigenvalue weighted by Crippen LogP contribution is 2.08. The molecule has 0 bridgehead atoms. The van der Waals surface area contributed by atoms with Gasteiger partial charge in [-0.1, -0.05) is 0 Å². The van der Waals surface area contributed by atoms with Crippen molar-refractivity contribution < 1.29 is 19.0 Å². The molecule has 1 atom stereocenters. The standard InChI is InChI=1S/C12H17FN2O3/c1-15(7-11(16)8-18-2)12(17)14-10-5-3-9(13)4-6-10/h3-6,11,16H,7-8H2,1-2H3,(H,14,17). The lowest BCUT2D eigenvalue weighted by Gasteiger charge is -2.20. The van der Waals surface area contributed by atoms with Gasteiger partial charge in [-0.3, -0.25) is 0 Å². The molecule has 1 unspecified atom stereocenters.